The van der Waals surface area contributed by atoms with Crippen molar-refractivity contribution in [2.75, 3.05) is 20.2 Å². The van der Waals surface area contributed by atoms with E-state index in [1.165, 1.54) is 5.56 Å². The molecule has 3 aliphatic rings. The van der Waals surface area contributed by atoms with Crippen LogP contribution < -0.4 is 10.1 Å². The minimum atomic E-state index is 0.0546. The van der Waals surface area contributed by atoms with Gasteiger partial charge in [0.05, 0.1) is 12.5 Å². The fourth-order valence-electron chi connectivity index (χ4n) is 3.64. The lowest BCUT2D eigenvalue weighted by molar-refractivity contribution is -0.126. The maximum Gasteiger partial charge on any atom is 0.225 e. The molecule has 1 saturated carbocycles. The van der Waals surface area contributed by atoms with Gasteiger partial charge in [-0.1, -0.05) is 18.2 Å². The summed E-state index contributed by atoms with van der Waals surface area (Å²) in [6.45, 7) is 1.47. The molecular formula is C16H20N2O2. The molecule has 4 heteroatoms. The van der Waals surface area contributed by atoms with Crippen LogP contribution in [0.5, 0.6) is 5.75 Å². The topological polar surface area (TPSA) is 41.6 Å². The van der Waals surface area contributed by atoms with E-state index >= 15 is 0 Å². The van der Waals surface area contributed by atoms with Gasteiger partial charge in [0.2, 0.25) is 5.91 Å². The molecule has 0 unspecified atom stereocenters. The summed E-state index contributed by atoms with van der Waals surface area (Å²) < 4.78 is 5.88. The monoisotopic (exact) mass is 272 g/mol. The lowest BCUT2D eigenvalue weighted by Crippen LogP contribution is -2.39. The molecular weight excluding hydrogens is 252 g/mol. The van der Waals surface area contributed by atoms with Crippen LogP contribution in [-0.4, -0.2) is 37.0 Å². The Morgan fingerprint density at radius 2 is 2.15 bits per heavy atom. The minimum Gasteiger partial charge on any atom is -0.493 e. The second kappa shape index (κ2) is 4.48. The van der Waals surface area contributed by atoms with E-state index in [9.17, 15) is 4.79 Å². The van der Waals surface area contributed by atoms with Crippen molar-refractivity contribution < 1.29 is 9.53 Å². The maximum absolute atomic E-state index is 12.4. The summed E-state index contributed by atoms with van der Waals surface area (Å²) in [5.74, 6) is 1.52. The second-order valence-corrected chi connectivity index (χ2v) is 6.29. The molecule has 0 bridgehead atoms. The molecule has 0 aromatic heterocycles. The van der Waals surface area contributed by atoms with Crippen LogP contribution in [0, 0.1) is 11.8 Å². The van der Waals surface area contributed by atoms with Crippen molar-refractivity contribution in [1.82, 2.24) is 10.2 Å². The Hall–Kier alpha value is -1.55. The van der Waals surface area contributed by atoms with Crippen molar-refractivity contribution in [2.24, 2.45) is 11.8 Å². The number of amides is 1. The van der Waals surface area contributed by atoms with Crippen molar-refractivity contribution >= 4 is 5.91 Å². The van der Waals surface area contributed by atoms with Crippen LogP contribution in [0.1, 0.15) is 24.4 Å². The summed E-state index contributed by atoms with van der Waals surface area (Å²) in [7, 11) is 2.12. The molecule has 1 aliphatic carbocycles. The van der Waals surface area contributed by atoms with Gasteiger partial charge < -0.3 is 10.1 Å². The summed E-state index contributed by atoms with van der Waals surface area (Å²) in [5, 5.41) is 3.15. The third-order valence-electron chi connectivity index (χ3n) is 4.81. The summed E-state index contributed by atoms with van der Waals surface area (Å²) in [6.07, 6.45) is 2.28. The molecule has 1 saturated heterocycles. The summed E-state index contributed by atoms with van der Waals surface area (Å²) in [5.41, 5.74) is 1.23. The Morgan fingerprint density at radius 3 is 2.95 bits per heavy atom. The standard InChI is InChI=1S/C16H20N2O2/c1-18-8-12(16(19)17-10-6-7-10)13-9-20-14-5-3-2-4-11(14)15(13)18/h2-5,10,12-13,15H,6-9H2,1H3,(H,17,19)/t12-,13+,15+/m1/s1. The Kier molecular flexibility index (Phi) is 2.74. The van der Waals surface area contributed by atoms with Crippen LogP contribution in [0.4, 0.5) is 0 Å². The van der Waals surface area contributed by atoms with Gasteiger partial charge in [-0.25, -0.2) is 0 Å². The van der Waals surface area contributed by atoms with E-state index in [1.807, 2.05) is 12.1 Å². The fourth-order valence-corrected chi connectivity index (χ4v) is 3.64. The van der Waals surface area contributed by atoms with Gasteiger partial charge in [0.15, 0.2) is 0 Å². The zero-order chi connectivity index (χ0) is 13.7. The van der Waals surface area contributed by atoms with E-state index in [4.69, 9.17) is 4.74 Å². The van der Waals surface area contributed by atoms with E-state index in [0.717, 1.165) is 25.1 Å². The number of fused-ring (bicyclic) bond motifs is 3. The van der Waals surface area contributed by atoms with Gasteiger partial charge in [0, 0.05) is 30.1 Å². The van der Waals surface area contributed by atoms with Crippen molar-refractivity contribution in [2.45, 2.75) is 24.9 Å². The van der Waals surface area contributed by atoms with Gasteiger partial charge in [0.25, 0.3) is 0 Å². The Bertz CT molecular complexity index is 541. The van der Waals surface area contributed by atoms with Crippen LogP contribution >= 0.6 is 0 Å². The van der Waals surface area contributed by atoms with E-state index < -0.39 is 0 Å². The molecule has 1 N–H and O–H groups in total. The average Bonchev–Trinajstić information content (AvgIpc) is 3.20. The SMILES string of the molecule is CN1C[C@@H](C(=O)NC2CC2)[C@@H]2COc3ccccc3[C@@H]21. The van der Waals surface area contributed by atoms with Gasteiger partial charge in [-0.05, 0) is 26.0 Å². The highest BCUT2D eigenvalue weighted by atomic mass is 16.5. The first-order valence-electron chi connectivity index (χ1n) is 7.46. The van der Waals surface area contributed by atoms with Crippen LogP contribution in [0.15, 0.2) is 24.3 Å². The third-order valence-corrected chi connectivity index (χ3v) is 4.81. The Labute approximate surface area is 119 Å². The highest BCUT2D eigenvalue weighted by Gasteiger charge is 2.48. The number of benzene rings is 1. The highest BCUT2D eigenvalue weighted by Crippen LogP contribution is 2.46. The normalized spacial score (nSPS) is 32.1. The predicted molar refractivity (Wildman–Crippen MR) is 75.5 cm³/mol. The lowest BCUT2D eigenvalue weighted by Gasteiger charge is -2.32. The summed E-state index contributed by atoms with van der Waals surface area (Å²) in [6, 6.07) is 8.96. The van der Waals surface area contributed by atoms with E-state index in [2.05, 4.69) is 29.4 Å². The molecule has 0 radical (unpaired) electrons. The van der Waals surface area contributed by atoms with Crippen molar-refractivity contribution in [3.8, 4) is 5.75 Å². The first kappa shape index (κ1) is 12.2. The molecule has 2 fully saturated rings. The first-order chi connectivity index (χ1) is 9.74. The van der Waals surface area contributed by atoms with Crippen LogP contribution in [0.3, 0.4) is 0 Å². The maximum atomic E-state index is 12.4. The third kappa shape index (κ3) is 1.90. The molecule has 0 spiro atoms. The molecule has 4 rings (SSSR count). The molecule has 1 aromatic rings. The number of ether oxygens (including phenoxy) is 1. The quantitative estimate of drug-likeness (QED) is 0.888. The number of rotatable bonds is 2. The number of carbonyl (C=O) groups is 1. The molecule has 1 amide bonds. The molecule has 1 aromatic carbocycles. The van der Waals surface area contributed by atoms with Gasteiger partial charge in [-0.2, -0.15) is 0 Å². The van der Waals surface area contributed by atoms with Crippen LogP contribution in [0.25, 0.3) is 0 Å². The summed E-state index contributed by atoms with van der Waals surface area (Å²) in [4.78, 5) is 14.7. The molecule has 20 heavy (non-hydrogen) atoms. The number of nitrogens with one attached hydrogen (secondary N) is 1. The number of likely N-dealkylation sites (tertiary alicyclic amines) is 1. The van der Waals surface area contributed by atoms with Crippen LogP contribution in [0.2, 0.25) is 0 Å². The lowest BCUT2D eigenvalue weighted by atomic mass is 9.85. The van der Waals surface area contributed by atoms with Crippen molar-refractivity contribution in [3.63, 3.8) is 0 Å². The van der Waals surface area contributed by atoms with Gasteiger partial charge >= 0.3 is 0 Å². The first-order valence-corrected chi connectivity index (χ1v) is 7.46. The minimum absolute atomic E-state index is 0.0546. The largest absolute Gasteiger partial charge is 0.493 e. The van der Waals surface area contributed by atoms with Crippen molar-refractivity contribution in [3.05, 3.63) is 29.8 Å². The number of hydrogen-bond acceptors (Lipinski definition) is 3. The Balaban J connectivity index is 1.61. The zero-order valence-electron chi connectivity index (χ0n) is 11.7. The summed E-state index contributed by atoms with van der Waals surface area (Å²) >= 11 is 0. The van der Waals surface area contributed by atoms with E-state index in [1.54, 1.807) is 0 Å². The van der Waals surface area contributed by atoms with E-state index in [-0.39, 0.29) is 17.7 Å². The molecule has 3 atom stereocenters. The molecule has 106 valence electrons. The second-order valence-electron chi connectivity index (χ2n) is 6.29. The van der Waals surface area contributed by atoms with Gasteiger partial charge in [-0.3, -0.25) is 9.69 Å². The average molecular weight is 272 g/mol. The predicted octanol–water partition coefficient (Wildman–Crippen LogP) is 1.58. The fraction of sp³-hybridized carbons (Fsp3) is 0.562. The molecule has 4 nitrogen and oxygen atoms in total. The molecule has 2 aliphatic heterocycles. The van der Waals surface area contributed by atoms with Gasteiger partial charge in [-0.15, -0.1) is 0 Å². The van der Waals surface area contributed by atoms with E-state index in [0.29, 0.717) is 18.7 Å². The smallest absolute Gasteiger partial charge is 0.225 e. The highest BCUT2D eigenvalue weighted by molar-refractivity contribution is 5.80. The zero-order valence-corrected chi connectivity index (χ0v) is 11.7. The number of hydrogen-bond donors (Lipinski definition) is 1. The van der Waals surface area contributed by atoms with Crippen molar-refractivity contribution in [1.29, 1.82) is 0 Å². The number of para-hydroxylation sites is 1. The number of carbonyl (C=O) groups excluding carboxylic acids is 1. The van der Waals surface area contributed by atoms with Gasteiger partial charge in [0.1, 0.15) is 5.75 Å². The van der Waals surface area contributed by atoms with Crippen LogP contribution in [-0.2, 0) is 4.79 Å². The number of nitrogens with zero attached hydrogens (tertiary/aromatic N) is 1. The molecule has 2 heterocycles. The Morgan fingerprint density at radius 1 is 1.35 bits per heavy atom.